The van der Waals surface area contributed by atoms with Crippen molar-refractivity contribution in [1.29, 1.82) is 0 Å². The summed E-state index contributed by atoms with van der Waals surface area (Å²) in [5.74, 6) is 0.160. The lowest BCUT2D eigenvalue weighted by molar-refractivity contribution is -0.133. The summed E-state index contributed by atoms with van der Waals surface area (Å²) in [4.78, 5) is 14.0. The maximum atomic E-state index is 12.2. The molecule has 110 valence electrons. The van der Waals surface area contributed by atoms with Crippen LogP contribution in [-0.2, 0) is 11.2 Å². The number of hydrogen-bond acceptors (Lipinski definition) is 3. The van der Waals surface area contributed by atoms with Gasteiger partial charge in [0.05, 0.1) is 6.42 Å². The number of nitrogens with zero attached hydrogens (tertiary/aromatic N) is 1. The molecule has 0 unspecified atom stereocenters. The van der Waals surface area contributed by atoms with E-state index in [1.54, 1.807) is 12.1 Å². The molecule has 1 heterocycles. The Morgan fingerprint density at radius 2 is 2.15 bits per heavy atom. The molecule has 1 aliphatic rings. The highest BCUT2D eigenvalue weighted by Crippen LogP contribution is 2.16. The van der Waals surface area contributed by atoms with Crippen molar-refractivity contribution in [2.24, 2.45) is 0 Å². The molecule has 1 N–H and O–H groups in total. The fourth-order valence-electron chi connectivity index (χ4n) is 2.28. The normalized spacial score (nSPS) is 19.2. The third-order valence-corrected chi connectivity index (χ3v) is 3.33. The highest BCUT2D eigenvalue weighted by atomic mass is 19.3. The van der Waals surface area contributed by atoms with E-state index >= 15 is 0 Å². The Bertz CT molecular complexity index is 451. The predicted molar refractivity (Wildman–Crippen MR) is 70.8 cm³/mol. The predicted octanol–water partition coefficient (Wildman–Crippen LogP) is 1.65. The van der Waals surface area contributed by atoms with Crippen LogP contribution in [-0.4, -0.2) is 43.1 Å². The number of rotatable bonds is 4. The number of amides is 1. The summed E-state index contributed by atoms with van der Waals surface area (Å²) < 4.78 is 28.3. The highest BCUT2D eigenvalue weighted by Gasteiger charge is 2.22. The van der Waals surface area contributed by atoms with Crippen LogP contribution in [0.15, 0.2) is 24.3 Å². The summed E-state index contributed by atoms with van der Waals surface area (Å²) in [6.07, 6.45) is 0.277. The first-order valence-electron chi connectivity index (χ1n) is 6.60. The van der Waals surface area contributed by atoms with Gasteiger partial charge < -0.3 is 15.0 Å². The van der Waals surface area contributed by atoms with Crippen molar-refractivity contribution in [3.8, 4) is 5.75 Å². The van der Waals surface area contributed by atoms with Crippen LogP contribution in [0.25, 0.3) is 0 Å². The Morgan fingerprint density at radius 1 is 1.45 bits per heavy atom. The van der Waals surface area contributed by atoms with E-state index in [-0.39, 0.29) is 24.1 Å². The molecule has 0 aromatic heterocycles. The minimum atomic E-state index is -2.83. The lowest BCUT2D eigenvalue weighted by Crippen LogP contribution is -2.52. The van der Waals surface area contributed by atoms with Gasteiger partial charge in [-0.05, 0) is 24.6 Å². The van der Waals surface area contributed by atoms with Gasteiger partial charge in [0.2, 0.25) is 5.91 Å². The molecule has 0 bridgehead atoms. The molecule has 1 fully saturated rings. The summed E-state index contributed by atoms with van der Waals surface area (Å²) >= 11 is 0. The van der Waals surface area contributed by atoms with Gasteiger partial charge in [0.1, 0.15) is 5.75 Å². The van der Waals surface area contributed by atoms with E-state index in [9.17, 15) is 13.6 Å². The first-order valence-corrected chi connectivity index (χ1v) is 6.60. The molecule has 1 aliphatic heterocycles. The average Bonchev–Trinajstić information content (AvgIpc) is 2.41. The van der Waals surface area contributed by atoms with Gasteiger partial charge in [0.25, 0.3) is 0 Å². The van der Waals surface area contributed by atoms with Crippen molar-refractivity contribution in [1.82, 2.24) is 10.2 Å². The van der Waals surface area contributed by atoms with Crippen LogP contribution in [0.1, 0.15) is 12.5 Å². The quantitative estimate of drug-likeness (QED) is 0.914. The summed E-state index contributed by atoms with van der Waals surface area (Å²) in [6.45, 7) is 1.48. The number of nitrogens with one attached hydrogen (secondary N) is 1. The van der Waals surface area contributed by atoms with Gasteiger partial charge in [-0.2, -0.15) is 8.78 Å². The maximum absolute atomic E-state index is 12.2. The molecule has 0 spiro atoms. The fraction of sp³-hybridized carbons (Fsp3) is 0.500. The molecule has 6 heteroatoms. The van der Waals surface area contributed by atoms with Gasteiger partial charge in [-0.25, -0.2) is 0 Å². The second kappa shape index (κ2) is 6.65. The largest absolute Gasteiger partial charge is 0.435 e. The number of piperazine rings is 1. The Morgan fingerprint density at radius 3 is 2.75 bits per heavy atom. The minimum Gasteiger partial charge on any atom is -0.435 e. The maximum Gasteiger partial charge on any atom is 0.387 e. The van der Waals surface area contributed by atoms with E-state index in [1.165, 1.54) is 12.1 Å². The van der Waals surface area contributed by atoms with E-state index in [0.717, 1.165) is 18.7 Å². The molecule has 20 heavy (non-hydrogen) atoms. The molecule has 0 aliphatic carbocycles. The Kier molecular flexibility index (Phi) is 4.89. The number of hydrogen-bond donors (Lipinski definition) is 1. The lowest BCUT2D eigenvalue weighted by atomic mass is 10.1. The van der Waals surface area contributed by atoms with Gasteiger partial charge in [0.15, 0.2) is 0 Å². The number of alkyl halides is 2. The molecule has 1 saturated heterocycles. The number of benzene rings is 1. The van der Waals surface area contributed by atoms with Crippen LogP contribution in [0.2, 0.25) is 0 Å². The number of halogens is 2. The van der Waals surface area contributed by atoms with Gasteiger partial charge in [-0.3, -0.25) is 4.79 Å². The molecule has 4 nitrogen and oxygen atoms in total. The van der Waals surface area contributed by atoms with Crippen molar-refractivity contribution < 1.29 is 18.3 Å². The topological polar surface area (TPSA) is 41.6 Å². The van der Waals surface area contributed by atoms with Crippen LogP contribution in [0.3, 0.4) is 0 Å². The van der Waals surface area contributed by atoms with E-state index in [0.29, 0.717) is 6.54 Å². The monoisotopic (exact) mass is 284 g/mol. The van der Waals surface area contributed by atoms with Crippen molar-refractivity contribution in [2.45, 2.75) is 26.0 Å². The third kappa shape index (κ3) is 3.90. The zero-order valence-corrected chi connectivity index (χ0v) is 11.3. The molecule has 1 amide bonds. The Labute approximate surface area is 116 Å². The zero-order chi connectivity index (χ0) is 14.5. The van der Waals surface area contributed by atoms with E-state index in [1.807, 2.05) is 11.8 Å². The van der Waals surface area contributed by atoms with Crippen molar-refractivity contribution in [2.75, 3.05) is 19.6 Å². The fourth-order valence-corrected chi connectivity index (χ4v) is 2.28. The summed E-state index contributed by atoms with van der Waals surface area (Å²) in [7, 11) is 0. The van der Waals surface area contributed by atoms with Crippen LogP contribution in [0.5, 0.6) is 5.75 Å². The third-order valence-electron chi connectivity index (χ3n) is 3.33. The molecule has 1 atom stereocenters. The smallest absolute Gasteiger partial charge is 0.387 e. The van der Waals surface area contributed by atoms with E-state index in [2.05, 4.69) is 10.1 Å². The van der Waals surface area contributed by atoms with Crippen molar-refractivity contribution >= 4 is 5.91 Å². The standard InChI is InChI=1S/C14H18F2N2O2/c1-10-9-17-6-7-18(10)13(19)8-11-2-4-12(5-3-11)20-14(15)16/h2-5,10,14,17H,6-9H2,1H3/t10-/m1/s1. The molecule has 1 aromatic rings. The van der Waals surface area contributed by atoms with Gasteiger partial charge in [-0.15, -0.1) is 0 Å². The first kappa shape index (κ1) is 14.7. The molecular formula is C14H18F2N2O2. The van der Waals surface area contributed by atoms with Gasteiger partial charge >= 0.3 is 6.61 Å². The highest BCUT2D eigenvalue weighted by molar-refractivity contribution is 5.79. The molecule has 1 aromatic carbocycles. The van der Waals surface area contributed by atoms with Crippen LogP contribution in [0.4, 0.5) is 8.78 Å². The molecule has 0 saturated carbocycles. The van der Waals surface area contributed by atoms with Crippen LogP contribution >= 0.6 is 0 Å². The van der Waals surface area contributed by atoms with Crippen molar-refractivity contribution in [3.05, 3.63) is 29.8 Å². The summed E-state index contributed by atoms with van der Waals surface area (Å²) in [6, 6.07) is 6.37. The van der Waals surface area contributed by atoms with E-state index in [4.69, 9.17) is 0 Å². The van der Waals surface area contributed by atoms with Crippen LogP contribution in [0, 0.1) is 0 Å². The number of carbonyl (C=O) groups excluding carboxylic acids is 1. The second-order valence-corrected chi connectivity index (χ2v) is 4.84. The lowest BCUT2D eigenvalue weighted by Gasteiger charge is -2.34. The van der Waals surface area contributed by atoms with E-state index < -0.39 is 6.61 Å². The van der Waals surface area contributed by atoms with Crippen molar-refractivity contribution in [3.63, 3.8) is 0 Å². The number of ether oxygens (including phenoxy) is 1. The average molecular weight is 284 g/mol. The Hall–Kier alpha value is -1.69. The number of carbonyl (C=O) groups is 1. The SMILES string of the molecule is C[C@@H]1CNCCN1C(=O)Cc1ccc(OC(F)F)cc1. The second-order valence-electron chi connectivity index (χ2n) is 4.84. The first-order chi connectivity index (χ1) is 9.56. The minimum absolute atomic E-state index is 0.0570. The molecule has 2 rings (SSSR count). The zero-order valence-electron chi connectivity index (χ0n) is 11.3. The molecular weight excluding hydrogens is 266 g/mol. The van der Waals surface area contributed by atoms with Gasteiger partial charge in [0, 0.05) is 25.7 Å². The van der Waals surface area contributed by atoms with Gasteiger partial charge in [-0.1, -0.05) is 12.1 Å². The summed E-state index contributed by atoms with van der Waals surface area (Å²) in [5.41, 5.74) is 0.794. The van der Waals surface area contributed by atoms with Crippen LogP contribution < -0.4 is 10.1 Å². The molecule has 0 radical (unpaired) electrons. The Balaban J connectivity index is 1.93. The summed E-state index contributed by atoms with van der Waals surface area (Å²) in [5, 5.41) is 3.23.